The van der Waals surface area contributed by atoms with E-state index in [2.05, 4.69) is 46.7 Å². The van der Waals surface area contributed by atoms with Gasteiger partial charge < -0.3 is 4.90 Å². The lowest BCUT2D eigenvalue weighted by atomic mass is 9.82. The van der Waals surface area contributed by atoms with Crippen LogP contribution in [0.1, 0.15) is 42.5 Å². The number of nitrogens with zero attached hydrogens (tertiary/aromatic N) is 1. The zero-order valence-corrected chi connectivity index (χ0v) is 13.6. The van der Waals surface area contributed by atoms with E-state index < -0.39 is 0 Å². The summed E-state index contributed by atoms with van der Waals surface area (Å²) in [7, 11) is 0. The fourth-order valence-electron chi connectivity index (χ4n) is 4.10. The molecule has 0 N–H and O–H groups in total. The van der Waals surface area contributed by atoms with Crippen LogP contribution < -0.4 is 4.90 Å². The Hall–Kier alpha value is -1.61. The normalized spacial score (nSPS) is 19.9. The lowest BCUT2D eigenvalue weighted by Crippen LogP contribution is -2.47. The summed E-state index contributed by atoms with van der Waals surface area (Å²) in [6.07, 6.45) is 6.50. The molecule has 114 valence electrons. The lowest BCUT2D eigenvalue weighted by Gasteiger charge is -2.37. The summed E-state index contributed by atoms with van der Waals surface area (Å²) in [5.74, 6) is 0.333. The van der Waals surface area contributed by atoms with E-state index in [4.69, 9.17) is 0 Å². The van der Waals surface area contributed by atoms with Gasteiger partial charge >= 0.3 is 0 Å². The minimum Gasteiger partial charge on any atom is -0.311 e. The van der Waals surface area contributed by atoms with Gasteiger partial charge in [-0.15, -0.1) is 11.3 Å². The number of hydrogen-bond acceptors (Lipinski definition) is 2. The van der Waals surface area contributed by atoms with Crippen LogP contribution in [0.25, 0.3) is 0 Å². The Morgan fingerprint density at radius 2 is 1.86 bits per heavy atom. The number of fused-ring (bicyclic) bond motifs is 1. The molecule has 4 rings (SSSR count). The van der Waals surface area contributed by atoms with Crippen LogP contribution in [0.2, 0.25) is 0 Å². The van der Waals surface area contributed by atoms with E-state index in [9.17, 15) is 4.79 Å². The summed E-state index contributed by atoms with van der Waals surface area (Å²) in [6, 6.07) is 12.7. The van der Waals surface area contributed by atoms with Crippen molar-refractivity contribution in [3.63, 3.8) is 0 Å². The zero-order chi connectivity index (χ0) is 15.0. The number of hydrogen-bond donors (Lipinski definition) is 0. The highest BCUT2D eigenvalue weighted by Gasteiger charge is 2.46. The Labute approximate surface area is 135 Å². The summed E-state index contributed by atoms with van der Waals surface area (Å²) < 4.78 is 0. The van der Waals surface area contributed by atoms with Gasteiger partial charge in [-0.25, -0.2) is 0 Å². The second kappa shape index (κ2) is 5.54. The summed E-state index contributed by atoms with van der Waals surface area (Å²) in [4.78, 5) is 16.9. The largest absolute Gasteiger partial charge is 0.311 e. The first-order valence-electron chi connectivity index (χ1n) is 8.25. The third-order valence-corrected chi connectivity index (χ3v) is 6.29. The first-order chi connectivity index (χ1) is 10.8. The molecule has 0 bridgehead atoms. The van der Waals surface area contributed by atoms with Crippen LogP contribution in [0.3, 0.4) is 0 Å². The van der Waals surface area contributed by atoms with Crippen molar-refractivity contribution >= 4 is 22.9 Å². The third kappa shape index (κ3) is 2.11. The molecule has 1 aromatic carbocycles. The number of benzene rings is 1. The molecule has 2 nitrogen and oxygen atoms in total. The minimum absolute atomic E-state index is 0.265. The monoisotopic (exact) mass is 311 g/mol. The number of amides is 1. The van der Waals surface area contributed by atoms with Crippen molar-refractivity contribution in [3.05, 3.63) is 52.2 Å². The highest BCUT2D eigenvalue weighted by Crippen LogP contribution is 2.45. The summed E-state index contributed by atoms with van der Waals surface area (Å²) >= 11 is 1.75. The molecule has 0 unspecified atom stereocenters. The van der Waals surface area contributed by atoms with Gasteiger partial charge in [0.1, 0.15) is 0 Å². The van der Waals surface area contributed by atoms with Gasteiger partial charge in [-0.3, -0.25) is 4.79 Å². The molecule has 1 aliphatic heterocycles. The topological polar surface area (TPSA) is 20.3 Å². The lowest BCUT2D eigenvalue weighted by molar-refractivity contribution is -0.124. The molecular weight excluding hydrogens is 290 g/mol. The molecule has 1 fully saturated rings. The molecule has 1 aliphatic carbocycles. The Morgan fingerprint density at radius 1 is 1.05 bits per heavy atom. The van der Waals surface area contributed by atoms with E-state index >= 15 is 0 Å². The van der Waals surface area contributed by atoms with E-state index in [1.807, 2.05) is 0 Å². The fourth-order valence-corrected chi connectivity index (χ4v) is 5.08. The maximum absolute atomic E-state index is 13.5. The number of carbonyl (C=O) groups excluding carboxylic acids is 1. The molecule has 3 heteroatoms. The van der Waals surface area contributed by atoms with Crippen molar-refractivity contribution in [1.82, 2.24) is 0 Å². The highest BCUT2D eigenvalue weighted by molar-refractivity contribution is 7.10. The van der Waals surface area contributed by atoms with Crippen LogP contribution >= 0.6 is 11.3 Å². The summed E-state index contributed by atoms with van der Waals surface area (Å²) in [6.45, 7) is 0.864. The minimum atomic E-state index is -0.265. The number of thiophene rings is 1. The third-order valence-electron chi connectivity index (χ3n) is 5.21. The molecular formula is C19H21NOS. The average molecular weight is 311 g/mol. The molecule has 0 spiro atoms. The number of aryl methyl sites for hydroxylation is 1. The Kier molecular flexibility index (Phi) is 3.53. The standard InChI is InChI=1S/C19H21NOS/c21-18(19(11-3-4-12-19)17-10-6-14-22-17)20-13-5-8-15-7-1-2-9-16(15)20/h1-2,6-7,9-10,14H,3-5,8,11-13H2. The number of para-hydroxylation sites is 1. The summed E-state index contributed by atoms with van der Waals surface area (Å²) in [5, 5.41) is 2.10. The van der Waals surface area contributed by atoms with Gasteiger partial charge in [-0.05, 0) is 48.8 Å². The first kappa shape index (κ1) is 14.0. The fraction of sp³-hybridized carbons (Fsp3) is 0.421. The van der Waals surface area contributed by atoms with Crippen molar-refractivity contribution in [2.24, 2.45) is 0 Å². The smallest absolute Gasteiger partial charge is 0.238 e. The van der Waals surface area contributed by atoms with Crippen molar-refractivity contribution in [1.29, 1.82) is 0 Å². The molecule has 0 saturated heterocycles. The van der Waals surface area contributed by atoms with Crippen molar-refractivity contribution in [3.8, 4) is 0 Å². The predicted molar refractivity (Wildman–Crippen MR) is 91.6 cm³/mol. The molecule has 1 amide bonds. The zero-order valence-electron chi connectivity index (χ0n) is 12.8. The van der Waals surface area contributed by atoms with Gasteiger partial charge in [-0.2, -0.15) is 0 Å². The molecule has 1 aromatic heterocycles. The van der Waals surface area contributed by atoms with Gasteiger partial charge in [0.15, 0.2) is 0 Å². The molecule has 22 heavy (non-hydrogen) atoms. The molecule has 2 aliphatic rings. The quantitative estimate of drug-likeness (QED) is 0.797. The van der Waals surface area contributed by atoms with Gasteiger partial charge in [0.05, 0.1) is 5.41 Å². The van der Waals surface area contributed by atoms with Gasteiger partial charge in [-0.1, -0.05) is 37.1 Å². The van der Waals surface area contributed by atoms with Crippen LogP contribution in [0, 0.1) is 0 Å². The predicted octanol–water partition coefficient (Wildman–Crippen LogP) is 4.54. The van der Waals surface area contributed by atoms with Crippen LogP contribution in [0.5, 0.6) is 0 Å². The first-order valence-corrected chi connectivity index (χ1v) is 9.13. The SMILES string of the molecule is O=C(N1CCCc2ccccc21)C1(c2cccs2)CCCC1. The highest BCUT2D eigenvalue weighted by atomic mass is 32.1. The van der Waals surface area contributed by atoms with Crippen LogP contribution in [-0.4, -0.2) is 12.5 Å². The maximum Gasteiger partial charge on any atom is 0.238 e. The Morgan fingerprint density at radius 3 is 2.64 bits per heavy atom. The van der Waals surface area contributed by atoms with Crippen molar-refractivity contribution in [2.75, 3.05) is 11.4 Å². The van der Waals surface area contributed by atoms with Gasteiger partial charge in [0.25, 0.3) is 0 Å². The maximum atomic E-state index is 13.5. The second-order valence-electron chi connectivity index (χ2n) is 6.46. The van der Waals surface area contributed by atoms with Crippen LogP contribution in [0.4, 0.5) is 5.69 Å². The molecule has 1 saturated carbocycles. The molecule has 2 heterocycles. The average Bonchev–Trinajstić information content (AvgIpc) is 3.25. The Balaban J connectivity index is 1.75. The van der Waals surface area contributed by atoms with E-state index in [0.717, 1.165) is 37.9 Å². The van der Waals surface area contributed by atoms with Gasteiger partial charge in [0, 0.05) is 17.1 Å². The van der Waals surface area contributed by atoms with Gasteiger partial charge in [0.2, 0.25) is 5.91 Å². The molecule has 0 radical (unpaired) electrons. The molecule has 0 atom stereocenters. The Bertz CT molecular complexity index is 671. The van der Waals surface area contributed by atoms with E-state index in [-0.39, 0.29) is 5.41 Å². The van der Waals surface area contributed by atoms with Crippen LogP contribution in [0.15, 0.2) is 41.8 Å². The number of carbonyl (C=O) groups is 1. The van der Waals surface area contributed by atoms with Crippen molar-refractivity contribution < 1.29 is 4.79 Å². The van der Waals surface area contributed by atoms with Crippen LogP contribution in [-0.2, 0) is 16.6 Å². The van der Waals surface area contributed by atoms with E-state index in [1.54, 1.807) is 11.3 Å². The number of anilines is 1. The summed E-state index contributed by atoms with van der Waals surface area (Å²) in [5.41, 5.74) is 2.20. The van der Waals surface area contributed by atoms with Crippen molar-refractivity contribution in [2.45, 2.75) is 43.9 Å². The molecule has 2 aromatic rings. The van der Waals surface area contributed by atoms with E-state index in [0.29, 0.717) is 5.91 Å². The van der Waals surface area contributed by atoms with E-state index in [1.165, 1.54) is 23.3 Å². The number of rotatable bonds is 2. The second-order valence-corrected chi connectivity index (χ2v) is 7.40.